The van der Waals surface area contributed by atoms with Gasteiger partial charge in [-0.25, -0.2) is 13.8 Å². The van der Waals surface area contributed by atoms with Gasteiger partial charge in [0.2, 0.25) is 0 Å². The van der Waals surface area contributed by atoms with Gasteiger partial charge in [-0.2, -0.15) is 5.10 Å². The van der Waals surface area contributed by atoms with Crippen molar-refractivity contribution >= 4 is 39.2 Å². The largest absolute Gasteiger partial charge is 0.497 e. The number of rotatable bonds is 9. The summed E-state index contributed by atoms with van der Waals surface area (Å²) >= 11 is 1.49. The molecular weight excluding hydrogens is 450 g/mol. The number of hydrogen-bond donors (Lipinski definition) is 1. The second-order valence-electron chi connectivity index (χ2n) is 6.62. The molecule has 0 atom stereocenters. The molecule has 0 aliphatic carbocycles. The summed E-state index contributed by atoms with van der Waals surface area (Å²) in [6, 6.07) is 14.5. The Balaban J connectivity index is 1.95. The van der Waals surface area contributed by atoms with Gasteiger partial charge >= 0.3 is 0 Å². The molecule has 1 N–H and O–H groups in total. The maximum Gasteiger partial charge on any atom is 0.264 e. The van der Waals surface area contributed by atoms with Crippen molar-refractivity contribution in [1.82, 2.24) is 5.43 Å². The van der Waals surface area contributed by atoms with Gasteiger partial charge < -0.3 is 9.47 Å². The van der Waals surface area contributed by atoms with E-state index in [1.165, 1.54) is 50.0 Å². The molecule has 0 radical (unpaired) electrons. The number of amides is 1. The van der Waals surface area contributed by atoms with E-state index in [4.69, 9.17) is 9.47 Å². The molecule has 0 aliphatic rings. The number of aryl methyl sites for hydroxylation is 1. The number of nitrogens with zero attached hydrogens (tertiary/aromatic N) is 2. The summed E-state index contributed by atoms with van der Waals surface area (Å²) in [6.07, 6.45) is 1.53. The van der Waals surface area contributed by atoms with E-state index in [9.17, 15) is 13.2 Å². The van der Waals surface area contributed by atoms with Crippen LogP contribution >= 0.6 is 11.3 Å². The zero-order chi connectivity index (χ0) is 23.1. The first kappa shape index (κ1) is 23.3. The second kappa shape index (κ2) is 10.3. The van der Waals surface area contributed by atoms with E-state index in [1.807, 2.05) is 18.4 Å². The summed E-state index contributed by atoms with van der Waals surface area (Å²) in [5.41, 5.74) is 3.60. The van der Waals surface area contributed by atoms with Crippen LogP contribution in [0.25, 0.3) is 0 Å². The molecular formula is C22H23N3O5S2. The summed E-state index contributed by atoms with van der Waals surface area (Å²) in [4.78, 5) is 13.6. The highest BCUT2D eigenvalue weighted by Gasteiger charge is 2.29. The molecule has 3 aromatic rings. The van der Waals surface area contributed by atoms with Gasteiger partial charge in [0.15, 0.2) is 0 Å². The van der Waals surface area contributed by atoms with Crippen molar-refractivity contribution in [2.75, 3.05) is 25.1 Å². The van der Waals surface area contributed by atoms with E-state index >= 15 is 0 Å². The molecule has 168 valence electrons. The van der Waals surface area contributed by atoms with Crippen molar-refractivity contribution in [3.63, 3.8) is 0 Å². The highest BCUT2D eigenvalue weighted by molar-refractivity contribution is 7.92. The number of thiophene rings is 1. The summed E-state index contributed by atoms with van der Waals surface area (Å²) in [7, 11) is -1.20. The molecule has 1 heterocycles. The van der Waals surface area contributed by atoms with E-state index < -0.39 is 22.5 Å². The third-order valence-corrected chi connectivity index (χ3v) is 7.27. The fraction of sp³-hybridized carbons (Fsp3) is 0.182. The predicted octanol–water partition coefficient (Wildman–Crippen LogP) is 3.42. The maximum absolute atomic E-state index is 13.5. The van der Waals surface area contributed by atoms with Crippen molar-refractivity contribution in [2.45, 2.75) is 11.8 Å². The average molecular weight is 474 g/mol. The van der Waals surface area contributed by atoms with Crippen LogP contribution in [-0.4, -0.2) is 41.3 Å². The number of ether oxygens (including phenoxy) is 2. The second-order valence-corrected chi connectivity index (χ2v) is 9.43. The number of carbonyl (C=O) groups excluding carboxylic acids is 1. The number of hydrogen-bond acceptors (Lipinski definition) is 7. The summed E-state index contributed by atoms with van der Waals surface area (Å²) in [6.45, 7) is 1.42. The molecule has 0 bridgehead atoms. The van der Waals surface area contributed by atoms with E-state index in [2.05, 4.69) is 10.5 Å². The van der Waals surface area contributed by atoms with Crippen LogP contribution < -0.4 is 19.2 Å². The third-order valence-electron chi connectivity index (χ3n) is 4.55. The summed E-state index contributed by atoms with van der Waals surface area (Å²) < 4.78 is 38.5. The lowest BCUT2D eigenvalue weighted by Crippen LogP contribution is -2.39. The minimum absolute atomic E-state index is 0.0374. The lowest BCUT2D eigenvalue weighted by molar-refractivity contribution is -0.119. The van der Waals surface area contributed by atoms with Gasteiger partial charge in [0.05, 0.1) is 31.0 Å². The van der Waals surface area contributed by atoms with Gasteiger partial charge in [0.25, 0.3) is 15.9 Å². The molecule has 3 rings (SSSR count). The monoisotopic (exact) mass is 473 g/mol. The Kier molecular flexibility index (Phi) is 7.49. The van der Waals surface area contributed by atoms with Crippen LogP contribution in [0.5, 0.6) is 11.5 Å². The van der Waals surface area contributed by atoms with E-state index in [-0.39, 0.29) is 16.3 Å². The first-order chi connectivity index (χ1) is 15.4. The van der Waals surface area contributed by atoms with Crippen molar-refractivity contribution in [3.8, 4) is 11.5 Å². The number of methoxy groups -OCH3 is 2. The number of sulfonamides is 1. The highest BCUT2D eigenvalue weighted by atomic mass is 32.2. The fourth-order valence-electron chi connectivity index (χ4n) is 2.86. The van der Waals surface area contributed by atoms with E-state index in [0.29, 0.717) is 5.75 Å². The molecule has 0 fully saturated rings. The summed E-state index contributed by atoms with van der Waals surface area (Å²) in [5, 5.41) is 5.88. The Morgan fingerprint density at radius 2 is 1.88 bits per heavy atom. The lowest BCUT2D eigenvalue weighted by Gasteiger charge is -2.25. The number of carbonyl (C=O) groups is 1. The Hall–Kier alpha value is -3.37. The van der Waals surface area contributed by atoms with Gasteiger partial charge in [-0.15, -0.1) is 11.3 Å². The van der Waals surface area contributed by atoms with E-state index in [0.717, 1.165) is 14.7 Å². The molecule has 8 nitrogen and oxygen atoms in total. The van der Waals surface area contributed by atoms with Crippen LogP contribution in [0.4, 0.5) is 5.69 Å². The quantitative estimate of drug-likeness (QED) is 0.379. The predicted molar refractivity (Wildman–Crippen MR) is 125 cm³/mol. The zero-order valence-electron chi connectivity index (χ0n) is 17.8. The van der Waals surface area contributed by atoms with Crippen LogP contribution in [-0.2, 0) is 14.8 Å². The molecule has 0 saturated carbocycles. The van der Waals surface area contributed by atoms with Crippen LogP contribution in [0, 0.1) is 6.92 Å². The van der Waals surface area contributed by atoms with Crippen molar-refractivity contribution in [2.24, 2.45) is 5.10 Å². The highest BCUT2D eigenvalue weighted by Crippen LogP contribution is 2.35. The molecule has 1 aromatic heterocycles. The van der Waals surface area contributed by atoms with Crippen molar-refractivity contribution in [1.29, 1.82) is 0 Å². The zero-order valence-corrected chi connectivity index (χ0v) is 19.4. The lowest BCUT2D eigenvalue weighted by atomic mass is 10.2. The SMILES string of the molecule is COc1ccc(OC)c(N(CC(=O)N/N=C/c2sccc2C)S(=O)(=O)c2ccccc2)c1. The standard InChI is InChI=1S/C22H23N3O5S2/c1-16-11-12-31-21(16)14-23-24-22(26)15-25(32(27,28)18-7-5-4-6-8-18)19-13-17(29-2)9-10-20(19)30-3/h4-14H,15H2,1-3H3,(H,24,26)/b23-14+. The first-order valence-electron chi connectivity index (χ1n) is 9.52. The molecule has 2 aromatic carbocycles. The molecule has 1 amide bonds. The number of benzene rings is 2. The molecule has 10 heteroatoms. The van der Waals surface area contributed by atoms with Gasteiger partial charge in [0, 0.05) is 10.9 Å². The van der Waals surface area contributed by atoms with Crippen LogP contribution in [0.2, 0.25) is 0 Å². The minimum atomic E-state index is -4.09. The Bertz CT molecular complexity index is 1210. The fourth-order valence-corrected chi connectivity index (χ4v) is 5.09. The topological polar surface area (TPSA) is 97.3 Å². The smallest absolute Gasteiger partial charge is 0.264 e. The average Bonchev–Trinajstić information content (AvgIpc) is 3.22. The van der Waals surface area contributed by atoms with Gasteiger partial charge in [-0.3, -0.25) is 9.10 Å². The van der Waals surface area contributed by atoms with E-state index in [1.54, 1.807) is 30.3 Å². The molecule has 0 saturated heterocycles. The Morgan fingerprint density at radius 1 is 1.12 bits per heavy atom. The van der Waals surface area contributed by atoms with Crippen molar-refractivity contribution in [3.05, 3.63) is 70.4 Å². The van der Waals surface area contributed by atoms with Crippen LogP contribution in [0.15, 0.2) is 70.0 Å². The summed E-state index contributed by atoms with van der Waals surface area (Å²) in [5.74, 6) is 0.0799. The van der Waals surface area contributed by atoms with Crippen LogP contribution in [0.3, 0.4) is 0 Å². The molecule has 0 unspecified atom stereocenters. The normalized spacial score (nSPS) is 11.3. The van der Waals surface area contributed by atoms with Gasteiger partial charge in [-0.1, -0.05) is 18.2 Å². The Morgan fingerprint density at radius 3 is 2.50 bits per heavy atom. The number of anilines is 1. The third kappa shape index (κ3) is 5.27. The van der Waals surface area contributed by atoms with Gasteiger partial charge in [-0.05, 0) is 48.2 Å². The molecule has 0 aliphatic heterocycles. The number of nitrogens with one attached hydrogen (secondary N) is 1. The maximum atomic E-state index is 13.5. The van der Waals surface area contributed by atoms with Gasteiger partial charge in [0.1, 0.15) is 18.0 Å². The molecule has 0 spiro atoms. The molecule has 32 heavy (non-hydrogen) atoms. The Labute approximate surface area is 191 Å². The number of hydrazone groups is 1. The first-order valence-corrected chi connectivity index (χ1v) is 11.8. The van der Waals surface area contributed by atoms with Crippen molar-refractivity contribution < 1.29 is 22.7 Å². The minimum Gasteiger partial charge on any atom is -0.497 e. The van der Waals surface area contributed by atoms with Crippen LogP contribution in [0.1, 0.15) is 10.4 Å².